The molecule has 0 N–H and O–H groups in total. The molecule has 0 heterocycles. The van der Waals surface area contributed by atoms with Crippen LogP contribution in [0.1, 0.15) is 393 Å². The Bertz CT molecular complexity index is 1400. The Morgan fingerprint density at radius 3 is 0.691 bits per heavy atom. The predicted molar refractivity (Wildman–Crippen MR) is 353 cm³/mol. The number of hydrogen-bond donors (Lipinski definition) is 0. The van der Waals surface area contributed by atoms with Gasteiger partial charge in [0.05, 0.1) is 0 Å². The predicted octanol–water partition coefficient (Wildman–Crippen LogP) is 24.9. The Kier molecular flexibility index (Phi) is 67.6. The number of ether oxygens (including phenoxy) is 3. The van der Waals surface area contributed by atoms with E-state index in [4.69, 9.17) is 14.2 Å². The van der Waals surface area contributed by atoms with Gasteiger partial charge in [-0.1, -0.05) is 320 Å². The molecule has 0 aromatic heterocycles. The van der Waals surface area contributed by atoms with Gasteiger partial charge < -0.3 is 14.2 Å². The number of esters is 3. The van der Waals surface area contributed by atoms with Crippen molar-refractivity contribution in [1.29, 1.82) is 0 Å². The lowest BCUT2D eigenvalue weighted by Crippen LogP contribution is -2.30. The van der Waals surface area contributed by atoms with E-state index >= 15 is 0 Å². The summed E-state index contributed by atoms with van der Waals surface area (Å²) >= 11 is 0. The minimum Gasteiger partial charge on any atom is -0.462 e. The number of carbonyl (C=O) groups excluding carboxylic acids is 3. The summed E-state index contributed by atoms with van der Waals surface area (Å²) in [5.74, 6) is -0.860. The van der Waals surface area contributed by atoms with E-state index in [0.29, 0.717) is 19.3 Å². The van der Waals surface area contributed by atoms with Crippen molar-refractivity contribution in [1.82, 2.24) is 0 Å². The highest BCUT2D eigenvalue weighted by atomic mass is 16.6. The lowest BCUT2D eigenvalue weighted by Gasteiger charge is -2.18. The fourth-order valence-corrected chi connectivity index (χ4v) is 10.8. The normalized spacial score (nSPS) is 12.3. The fraction of sp³-hybridized carbons (Fsp3) is 0.853. The van der Waals surface area contributed by atoms with Gasteiger partial charge in [-0.25, -0.2) is 0 Å². The first kappa shape index (κ1) is 78.4. The molecule has 0 amide bonds. The Balaban J connectivity index is 4.24. The molecule has 6 heteroatoms. The molecule has 0 aliphatic carbocycles. The van der Waals surface area contributed by atoms with E-state index < -0.39 is 6.10 Å². The van der Waals surface area contributed by atoms with Crippen molar-refractivity contribution >= 4 is 17.9 Å². The van der Waals surface area contributed by atoms with Gasteiger partial charge in [-0.15, -0.1) is 0 Å². The molecule has 0 fully saturated rings. The van der Waals surface area contributed by atoms with Crippen molar-refractivity contribution in [3.63, 3.8) is 0 Å². The largest absolute Gasteiger partial charge is 0.462 e. The summed E-state index contributed by atoms with van der Waals surface area (Å²) < 4.78 is 17.0. The molecule has 0 radical (unpaired) electrons. The average molecular weight is 1140 g/mol. The minimum absolute atomic E-state index is 0.0735. The van der Waals surface area contributed by atoms with E-state index in [1.54, 1.807) is 0 Å². The van der Waals surface area contributed by atoms with Crippen LogP contribution in [0.15, 0.2) is 48.6 Å². The highest BCUT2D eigenvalue weighted by molar-refractivity contribution is 5.71. The Morgan fingerprint density at radius 2 is 0.444 bits per heavy atom. The summed E-state index contributed by atoms with van der Waals surface area (Å²) in [5, 5.41) is 0. The molecule has 0 saturated heterocycles. The second-order valence-electron chi connectivity index (χ2n) is 24.5. The van der Waals surface area contributed by atoms with Crippen LogP contribution in [0, 0.1) is 0 Å². The van der Waals surface area contributed by atoms with Crippen LogP contribution in [0.2, 0.25) is 0 Å². The molecule has 0 aliphatic rings. The number of hydrogen-bond acceptors (Lipinski definition) is 6. The van der Waals surface area contributed by atoms with Crippen LogP contribution in [0.5, 0.6) is 0 Å². The molecule has 0 aromatic rings. The summed E-state index contributed by atoms with van der Waals surface area (Å²) in [7, 11) is 0. The highest BCUT2D eigenvalue weighted by Gasteiger charge is 2.19. The molecule has 0 bridgehead atoms. The van der Waals surface area contributed by atoms with Crippen LogP contribution >= 0.6 is 0 Å². The SMILES string of the molecule is CCCCCCC/C=C\C/C=C\CCCCCCCCCCCCCCCCCCCC(=O)OCC(COC(=O)CCCCCCC/C=C\CCCCCCCCC)OC(=O)CCCCCCCCC/C=C\CCCCCCCCC. The molecule has 0 aliphatic heterocycles. The van der Waals surface area contributed by atoms with Gasteiger partial charge in [0.15, 0.2) is 6.10 Å². The first-order chi connectivity index (χ1) is 40.0. The van der Waals surface area contributed by atoms with E-state index in [-0.39, 0.29) is 31.1 Å². The number of unbranched alkanes of at least 4 members (excludes halogenated alkanes) is 48. The first-order valence-electron chi connectivity index (χ1n) is 36.1. The van der Waals surface area contributed by atoms with Gasteiger partial charge in [0.1, 0.15) is 13.2 Å². The Morgan fingerprint density at radius 1 is 0.247 bits per heavy atom. The number of rotatable bonds is 67. The van der Waals surface area contributed by atoms with Gasteiger partial charge in [-0.05, 0) is 103 Å². The summed E-state index contributed by atoms with van der Waals surface area (Å²) in [6.07, 6.45) is 88.6. The van der Waals surface area contributed by atoms with Crippen LogP contribution in [0.3, 0.4) is 0 Å². The van der Waals surface area contributed by atoms with Crippen LogP contribution in [-0.4, -0.2) is 37.2 Å². The second kappa shape index (κ2) is 69.9. The molecule has 0 aromatic carbocycles. The molecule has 0 spiro atoms. The first-order valence-corrected chi connectivity index (χ1v) is 36.1. The summed E-state index contributed by atoms with van der Waals surface area (Å²) in [6, 6.07) is 0. The van der Waals surface area contributed by atoms with Crippen molar-refractivity contribution in [2.75, 3.05) is 13.2 Å². The van der Waals surface area contributed by atoms with E-state index in [0.717, 1.165) is 70.6 Å². The van der Waals surface area contributed by atoms with E-state index in [9.17, 15) is 14.4 Å². The zero-order valence-electron chi connectivity index (χ0n) is 54.6. The molecule has 1 atom stereocenters. The van der Waals surface area contributed by atoms with Crippen molar-refractivity contribution < 1.29 is 28.6 Å². The zero-order chi connectivity index (χ0) is 58.5. The van der Waals surface area contributed by atoms with E-state index in [2.05, 4.69) is 69.4 Å². The molecule has 0 rings (SSSR count). The maximum atomic E-state index is 12.9. The van der Waals surface area contributed by atoms with Crippen molar-refractivity contribution in [3.8, 4) is 0 Å². The van der Waals surface area contributed by atoms with Gasteiger partial charge >= 0.3 is 17.9 Å². The van der Waals surface area contributed by atoms with Crippen LogP contribution in [0.25, 0.3) is 0 Å². The quantitative estimate of drug-likeness (QED) is 0.0261. The Labute approximate surface area is 505 Å². The summed E-state index contributed by atoms with van der Waals surface area (Å²) in [6.45, 7) is 6.68. The number of carbonyl (C=O) groups is 3. The third-order valence-corrected chi connectivity index (χ3v) is 16.3. The van der Waals surface area contributed by atoms with Gasteiger partial charge in [-0.2, -0.15) is 0 Å². The minimum atomic E-state index is -0.779. The van der Waals surface area contributed by atoms with E-state index in [1.165, 1.54) is 283 Å². The number of allylic oxidation sites excluding steroid dienone is 8. The smallest absolute Gasteiger partial charge is 0.306 e. The van der Waals surface area contributed by atoms with Crippen LogP contribution in [-0.2, 0) is 28.6 Å². The summed E-state index contributed by atoms with van der Waals surface area (Å²) in [4.78, 5) is 38.5. The molecular weight excluding hydrogens is 997 g/mol. The van der Waals surface area contributed by atoms with Gasteiger partial charge in [0.25, 0.3) is 0 Å². The zero-order valence-corrected chi connectivity index (χ0v) is 54.6. The molecule has 474 valence electrons. The second-order valence-corrected chi connectivity index (χ2v) is 24.5. The maximum absolute atomic E-state index is 12.9. The molecule has 6 nitrogen and oxygen atoms in total. The van der Waals surface area contributed by atoms with E-state index in [1.807, 2.05) is 0 Å². The molecule has 81 heavy (non-hydrogen) atoms. The Hall–Kier alpha value is -2.63. The monoisotopic (exact) mass is 1140 g/mol. The topological polar surface area (TPSA) is 78.9 Å². The highest BCUT2D eigenvalue weighted by Crippen LogP contribution is 2.18. The van der Waals surface area contributed by atoms with Gasteiger partial charge in [0, 0.05) is 19.3 Å². The third kappa shape index (κ3) is 68.0. The fourth-order valence-electron chi connectivity index (χ4n) is 10.8. The van der Waals surface area contributed by atoms with Gasteiger partial charge in [-0.3, -0.25) is 14.4 Å². The summed E-state index contributed by atoms with van der Waals surface area (Å²) in [5.41, 5.74) is 0. The van der Waals surface area contributed by atoms with Crippen LogP contribution in [0.4, 0.5) is 0 Å². The van der Waals surface area contributed by atoms with Crippen molar-refractivity contribution in [2.45, 2.75) is 399 Å². The molecule has 0 saturated carbocycles. The standard InChI is InChI=1S/C75H138O6/c1-4-7-10-13-16-19-22-25-28-31-33-34-35-36-37-38-39-40-41-42-43-45-47-50-53-56-59-62-65-68-74(77)80-71-72(70-79-73(76)67-64-61-58-55-52-49-46-30-27-24-21-18-15-12-9-6-3)81-75(78)69-66-63-60-57-54-51-48-44-32-29-26-23-20-17-14-11-8-5-2/h22,25,29-33,46,72H,4-21,23-24,26-28,34-45,47-71H2,1-3H3/b25-22-,32-29-,33-31-,46-30-. The third-order valence-electron chi connectivity index (χ3n) is 16.3. The lowest BCUT2D eigenvalue weighted by atomic mass is 10.0. The van der Waals surface area contributed by atoms with Gasteiger partial charge in [0.2, 0.25) is 0 Å². The van der Waals surface area contributed by atoms with Crippen LogP contribution < -0.4 is 0 Å². The molecular formula is C75H138O6. The van der Waals surface area contributed by atoms with Crippen molar-refractivity contribution in [3.05, 3.63) is 48.6 Å². The average Bonchev–Trinajstić information content (AvgIpc) is 3.47. The van der Waals surface area contributed by atoms with Crippen molar-refractivity contribution in [2.24, 2.45) is 0 Å². The maximum Gasteiger partial charge on any atom is 0.306 e. The molecule has 1 unspecified atom stereocenters. The lowest BCUT2D eigenvalue weighted by molar-refractivity contribution is -0.167.